The summed E-state index contributed by atoms with van der Waals surface area (Å²) >= 11 is 1.58. The third-order valence-electron chi connectivity index (χ3n) is 3.16. The molecule has 3 aromatic rings. The monoisotopic (exact) mass is 321 g/mol. The molecule has 5 heteroatoms. The summed E-state index contributed by atoms with van der Waals surface area (Å²) in [5.41, 5.74) is 3.61. The fourth-order valence-electron chi connectivity index (χ4n) is 2.12. The summed E-state index contributed by atoms with van der Waals surface area (Å²) in [6, 6.07) is 11.6. The van der Waals surface area contributed by atoms with Gasteiger partial charge in [-0.1, -0.05) is 18.2 Å². The molecule has 0 atom stereocenters. The number of allylic oxidation sites excluding steroid dienone is 1. The maximum absolute atomic E-state index is 11.6. The van der Waals surface area contributed by atoms with Gasteiger partial charge in [0.1, 0.15) is 5.01 Å². The van der Waals surface area contributed by atoms with Crippen LogP contribution < -0.4 is 5.32 Å². The minimum absolute atomic E-state index is 0.140. The number of amides is 1. The summed E-state index contributed by atoms with van der Waals surface area (Å²) < 4.78 is 0. The Labute approximate surface area is 138 Å². The van der Waals surface area contributed by atoms with E-state index in [0.717, 1.165) is 27.5 Å². The summed E-state index contributed by atoms with van der Waals surface area (Å²) in [6.45, 7) is 1.81. The maximum Gasteiger partial charge on any atom is 0.248 e. The van der Waals surface area contributed by atoms with E-state index in [2.05, 4.69) is 15.3 Å². The number of anilines is 1. The number of carbonyl (C=O) groups is 1. The normalized spacial score (nSPS) is 10.8. The average molecular weight is 321 g/mol. The van der Waals surface area contributed by atoms with E-state index in [9.17, 15) is 4.79 Å². The van der Waals surface area contributed by atoms with E-state index in [-0.39, 0.29) is 5.91 Å². The molecule has 3 rings (SSSR count). The van der Waals surface area contributed by atoms with Crippen LogP contribution >= 0.6 is 11.3 Å². The molecular weight excluding hydrogens is 306 g/mol. The van der Waals surface area contributed by atoms with Gasteiger partial charge in [0.05, 0.1) is 5.69 Å². The molecule has 23 heavy (non-hydrogen) atoms. The van der Waals surface area contributed by atoms with Crippen LogP contribution in [0.15, 0.2) is 66.3 Å². The van der Waals surface area contributed by atoms with Crippen molar-refractivity contribution in [2.75, 3.05) is 5.32 Å². The summed E-state index contributed by atoms with van der Waals surface area (Å²) in [6.07, 6.45) is 6.75. The third-order valence-corrected chi connectivity index (χ3v) is 4.05. The second-order valence-corrected chi connectivity index (χ2v) is 5.71. The van der Waals surface area contributed by atoms with Gasteiger partial charge in [0, 0.05) is 34.6 Å². The molecule has 1 amide bonds. The van der Waals surface area contributed by atoms with Crippen molar-refractivity contribution in [2.45, 2.75) is 6.92 Å². The van der Waals surface area contributed by atoms with Gasteiger partial charge in [0.25, 0.3) is 0 Å². The molecule has 4 nitrogen and oxygen atoms in total. The van der Waals surface area contributed by atoms with Crippen molar-refractivity contribution < 1.29 is 4.79 Å². The lowest BCUT2D eigenvalue weighted by Crippen LogP contribution is -2.07. The molecule has 0 saturated heterocycles. The maximum atomic E-state index is 11.6. The van der Waals surface area contributed by atoms with Crippen LogP contribution in [0, 0.1) is 0 Å². The highest BCUT2D eigenvalue weighted by Gasteiger charge is 2.07. The largest absolute Gasteiger partial charge is 0.323 e. The van der Waals surface area contributed by atoms with E-state index in [4.69, 9.17) is 0 Å². The number of nitrogens with zero attached hydrogens (tertiary/aromatic N) is 2. The molecule has 1 aromatic carbocycles. The highest BCUT2D eigenvalue weighted by atomic mass is 32.1. The molecule has 0 saturated carbocycles. The minimum Gasteiger partial charge on any atom is -0.323 e. The lowest BCUT2D eigenvalue weighted by molar-refractivity contribution is -0.111. The van der Waals surface area contributed by atoms with Gasteiger partial charge in [0.15, 0.2) is 0 Å². The number of pyridine rings is 1. The number of carbonyl (C=O) groups excluding carboxylic acids is 1. The average Bonchev–Trinajstić information content (AvgIpc) is 3.06. The Kier molecular flexibility index (Phi) is 4.59. The highest BCUT2D eigenvalue weighted by molar-refractivity contribution is 7.13. The van der Waals surface area contributed by atoms with E-state index in [1.165, 1.54) is 6.08 Å². The highest BCUT2D eigenvalue weighted by Crippen LogP contribution is 2.29. The van der Waals surface area contributed by atoms with Crippen LogP contribution in [0.25, 0.3) is 21.8 Å². The molecule has 0 bridgehead atoms. The van der Waals surface area contributed by atoms with Crippen molar-refractivity contribution in [1.29, 1.82) is 0 Å². The van der Waals surface area contributed by atoms with Gasteiger partial charge >= 0.3 is 0 Å². The molecular formula is C18H15N3OS. The smallest absolute Gasteiger partial charge is 0.248 e. The Balaban J connectivity index is 1.85. The summed E-state index contributed by atoms with van der Waals surface area (Å²) in [5.74, 6) is -0.140. The fraction of sp³-hybridized carbons (Fsp3) is 0.0556. The summed E-state index contributed by atoms with van der Waals surface area (Å²) in [5, 5.41) is 5.77. The summed E-state index contributed by atoms with van der Waals surface area (Å²) in [4.78, 5) is 20.4. The molecule has 2 heterocycles. The lowest BCUT2D eigenvalue weighted by atomic mass is 10.1. The van der Waals surface area contributed by atoms with Crippen molar-refractivity contribution in [3.05, 3.63) is 66.3 Å². The van der Waals surface area contributed by atoms with Crippen LogP contribution in [-0.2, 0) is 4.79 Å². The number of hydrogen-bond donors (Lipinski definition) is 1. The predicted octanol–water partition coefficient (Wildman–Crippen LogP) is 4.39. The predicted molar refractivity (Wildman–Crippen MR) is 94.2 cm³/mol. The van der Waals surface area contributed by atoms with Crippen molar-refractivity contribution in [2.24, 2.45) is 0 Å². The van der Waals surface area contributed by atoms with Gasteiger partial charge in [-0.3, -0.25) is 9.78 Å². The number of rotatable bonds is 4. The number of hydrogen-bond acceptors (Lipinski definition) is 4. The van der Waals surface area contributed by atoms with Crippen LogP contribution in [0.1, 0.15) is 6.92 Å². The third kappa shape index (κ3) is 3.70. The van der Waals surface area contributed by atoms with E-state index in [1.807, 2.05) is 48.7 Å². The van der Waals surface area contributed by atoms with E-state index in [1.54, 1.807) is 29.8 Å². The van der Waals surface area contributed by atoms with Gasteiger partial charge < -0.3 is 5.32 Å². The topological polar surface area (TPSA) is 54.9 Å². The van der Waals surface area contributed by atoms with Crippen LogP contribution in [-0.4, -0.2) is 15.9 Å². The minimum atomic E-state index is -0.140. The number of benzene rings is 1. The Morgan fingerprint density at radius 1 is 1.22 bits per heavy atom. The molecule has 0 unspecified atom stereocenters. The SMILES string of the molecule is C/C=C/C(=O)Nc1cccc(-c2csc(-c3cccnc3)n2)c1. The first-order valence-electron chi connectivity index (χ1n) is 7.16. The second kappa shape index (κ2) is 6.98. The van der Waals surface area contributed by atoms with Crippen molar-refractivity contribution in [3.63, 3.8) is 0 Å². The van der Waals surface area contributed by atoms with Crippen molar-refractivity contribution >= 4 is 22.9 Å². The zero-order valence-corrected chi connectivity index (χ0v) is 13.4. The lowest BCUT2D eigenvalue weighted by Gasteiger charge is -2.04. The quantitative estimate of drug-likeness (QED) is 0.725. The molecule has 2 aromatic heterocycles. The van der Waals surface area contributed by atoms with Gasteiger partial charge in [-0.15, -0.1) is 11.3 Å². The van der Waals surface area contributed by atoms with Crippen LogP contribution in [0.5, 0.6) is 0 Å². The van der Waals surface area contributed by atoms with Gasteiger partial charge in [-0.25, -0.2) is 4.98 Å². The molecule has 0 fully saturated rings. The van der Waals surface area contributed by atoms with E-state index >= 15 is 0 Å². The van der Waals surface area contributed by atoms with Crippen LogP contribution in [0.2, 0.25) is 0 Å². The number of thiazole rings is 1. The zero-order chi connectivity index (χ0) is 16.1. The van der Waals surface area contributed by atoms with Crippen LogP contribution in [0.4, 0.5) is 5.69 Å². The first-order valence-corrected chi connectivity index (χ1v) is 8.04. The second-order valence-electron chi connectivity index (χ2n) is 4.85. The Hall–Kier alpha value is -2.79. The molecule has 0 radical (unpaired) electrons. The molecule has 114 valence electrons. The van der Waals surface area contributed by atoms with Gasteiger partial charge in [0.2, 0.25) is 5.91 Å². The molecule has 1 N–H and O–H groups in total. The Bertz CT molecular complexity index is 840. The van der Waals surface area contributed by atoms with Gasteiger partial charge in [-0.2, -0.15) is 0 Å². The van der Waals surface area contributed by atoms with Gasteiger partial charge in [-0.05, 0) is 37.3 Å². The summed E-state index contributed by atoms with van der Waals surface area (Å²) in [7, 11) is 0. The molecule has 0 spiro atoms. The number of nitrogens with one attached hydrogen (secondary N) is 1. The van der Waals surface area contributed by atoms with Crippen molar-refractivity contribution in [1.82, 2.24) is 9.97 Å². The van der Waals surface area contributed by atoms with E-state index in [0.29, 0.717) is 0 Å². The Morgan fingerprint density at radius 2 is 2.09 bits per heavy atom. The van der Waals surface area contributed by atoms with Crippen LogP contribution in [0.3, 0.4) is 0 Å². The molecule has 0 aliphatic carbocycles. The number of aromatic nitrogens is 2. The van der Waals surface area contributed by atoms with Crippen molar-refractivity contribution in [3.8, 4) is 21.8 Å². The fourth-order valence-corrected chi connectivity index (χ4v) is 2.94. The Morgan fingerprint density at radius 3 is 2.87 bits per heavy atom. The molecule has 0 aliphatic rings. The first kappa shape index (κ1) is 15.1. The molecule has 0 aliphatic heterocycles. The standard InChI is InChI=1S/C18H15N3OS/c1-2-5-17(22)20-15-8-3-6-13(10-15)16-12-23-18(21-16)14-7-4-9-19-11-14/h2-12H,1H3,(H,20,22)/b5-2+. The first-order chi connectivity index (χ1) is 11.3. The zero-order valence-electron chi connectivity index (χ0n) is 12.6. The van der Waals surface area contributed by atoms with E-state index < -0.39 is 0 Å².